The van der Waals surface area contributed by atoms with Gasteiger partial charge in [-0.15, -0.1) is 0 Å². The number of phenols is 1. The summed E-state index contributed by atoms with van der Waals surface area (Å²) in [6.07, 6.45) is -0.169. The van der Waals surface area contributed by atoms with Gasteiger partial charge in [-0.25, -0.2) is 8.42 Å². The smallest absolute Gasteiger partial charge is 0.307 e. The summed E-state index contributed by atoms with van der Waals surface area (Å²) in [7, 11) is -4.12. The lowest BCUT2D eigenvalue weighted by Crippen LogP contribution is -2.35. The summed E-state index contributed by atoms with van der Waals surface area (Å²) in [5.74, 6) is 0.160. The van der Waals surface area contributed by atoms with E-state index >= 15 is 0 Å². The van der Waals surface area contributed by atoms with Gasteiger partial charge in [0.25, 0.3) is 0 Å². The Kier molecular flexibility index (Phi) is 5.90. The molecule has 9 heteroatoms. The molecule has 5 rings (SSSR count). The molecule has 0 bridgehead atoms. The molecule has 35 heavy (non-hydrogen) atoms. The highest BCUT2D eigenvalue weighted by molar-refractivity contribution is 7.89. The number of phenolic OH excluding ortho intramolecular Hbond substituents is 1. The zero-order chi connectivity index (χ0) is 24.7. The number of esters is 1. The number of nitrogens with zero attached hydrogens (tertiary/aromatic N) is 1. The van der Waals surface area contributed by atoms with Crippen LogP contribution in [-0.2, 0) is 19.6 Å². The fraction of sp³-hybridized carbons (Fsp3) is 0.269. The lowest BCUT2D eigenvalue weighted by atomic mass is 9.96. The number of sulfonamides is 1. The maximum Gasteiger partial charge on any atom is 0.307 e. The third-order valence-electron chi connectivity index (χ3n) is 6.29. The standard InChI is InChI=1S/C26H25NO7S/c1-3-32-25(29)13-21-18-6-4-5-7-19(18)26(20-12-23-24(14-22(20)28)34-15-33-23)27(21)35(30,31)17-10-8-16(2)9-11-17/h4-12,14,21,26,28H,3,13,15H2,1-2H3/t21-,26-/m0/s1. The van der Waals surface area contributed by atoms with Gasteiger partial charge < -0.3 is 19.3 Å². The lowest BCUT2D eigenvalue weighted by Gasteiger charge is -2.30. The number of ether oxygens (including phenoxy) is 3. The van der Waals surface area contributed by atoms with Gasteiger partial charge in [-0.05, 0) is 43.2 Å². The molecule has 0 unspecified atom stereocenters. The molecule has 3 aromatic carbocycles. The average Bonchev–Trinajstić information content (AvgIpc) is 3.41. The maximum atomic E-state index is 14.1. The highest BCUT2D eigenvalue weighted by atomic mass is 32.2. The molecule has 0 amide bonds. The van der Waals surface area contributed by atoms with Crippen LogP contribution in [0.25, 0.3) is 0 Å². The molecular formula is C26H25NO7S. The van der Waals surface area contributed by atoms with Gasteiger partial charge in [0.1, 0.15) is 5.75 Å². The molecule has 2 aliphatic heterocycles. The van der Waals surface area contributed by atoms with Crippen LogP contribution in [0, 0.1) is 6.92 Å². The quantitative estimate of drug-likeness (QED) is 0.511. The second-order valence-corrected chi connectivity index (χ2v) is 10.3. The molecule has 0 spiro atoms. The van der Waals surface area contributed by atoms with Crippen LogP contribution in [0.5, 0.6) is 17.2 Å². The number of aryl methyl sites for hydroxylation is 1. The van der Waals surface area contributed by atoms with Crippen LogP contribution in [0.4, 0.5) is 0 Å². The van der Waals surface area contributed by atoms with Crippen molar-refractivity contribution in [1.82, 2.24) is 4.31 Å². The minimum Gasteiger partial charge on any atom is -0.507 e. The van der Waals surface area contributed by atoms with Crippen LogP contribution in [0.1, 0.15) is 47.7 Å². The molecule has 0 aliphatic carbocycles. The minimum absolute atomic E-state index is 0.0103. The number of hydrogen-bond acceptors (Lipinski definition) is 7. The molecule has 0 aromatic heterocycles. The third-order valence-corrected chi connectivity index (χ3v) is 8.18. The summed E-state index contributed by atoms with van der Waals surface area (Å²) in [5.41, 5.74) is 2.61. The zero-order valence-corrected chi connectivity index (χ0v) is 20.1. The molecule has 2 atom stereocenters. The van der Waals surface area contributed by atoms with Crippen molar-refractivity contribution in [3.8, 4) is 17.2 Å². The van der Waals surface area contributed by atoms with Crippen molar-refractivity contribution in [2.45, 2.75) is 37.2 Å². The third kappa shape index (κ3) is 4.00. The van der Waals surface area contributed by atoms with Crippen LogP contribution >= 0.6 is 0 Å². The van der Waals surface area contributed by atoms with E-state index in [-0.39, 0.29) is 30.5 Å². The lowest BCUT2D eigenvalue weighted by molar-refractivity contribution is -0.144. The van der Waals surface area contributed by atoms with Crippen LogP contribution in [0.3, 0.4) is 0 Å². The molecule has 3 aromatic rings. The largest absolute Gasteiger partial charge is 0.507 e. The first-order chi connectivity index (χ1) is 16.8. The average molecular weight is 496 g/mol. The van der Waals surface area contributed by atoms with Gasteiger partial charge in [0.2, 0.25) is 16.8 Å². The molecule has 2 aliphatic rings. The zero-order valence-electron chi connectivity index (χ0n) is 19.3. The predicted molar refractivity (Wildman–Crippen MR) is 127 cm³/mol. The predicted octanol–water partition coefficient (Wildman–Crippen LogP) is 4.22. The summed E-state index contributed by atoms with van der Waals surface area (Å²) >= 11 is 0. The van der Waals surface area contributed by atoms with Gasteiger partial charge in [0.05, 0.1) is 30.0 Å². The fourth-order valence-corrected chi connectivity index (χ4v) is 6.46. The molecule has 0 saturated heterocycles. The molecule has 1 N–H and O–H groups in total. The number of carbonyl (C=O) groups excluding carboxylic acids is 1. The van der Waals surface area contributed by atoms with E-state index < -0.39 is 28.1 Å². The molecular weight excluding hydrogens is 470 g/mol. The Bertz CT molecular complexity index is 1390. The topological polar surface area (TPSA) is 102 Å². The van der Waals surface area contributed by atoms with Gasteiger partial charge in [-0.1, -0.05) is 42.0 Å². The van der Waals surface area contributed by atoms with Gasteiger partial charge in [0.15, 0.2) is 11.5 Å². The van der Waals surface area contributed by atoms with E-state index in [0.29, 0.717) is 28.2 Å². The summed E-state index contributed by atoms with van der Waals surface area (Å²) in [5, 5.41) is 11.0. The van der Waals surface area contributed by atoms with Crippen LogP contribution in [0.15, 0.2) is 65.6 Å². The van der Waals surface area contributed by atoms with Crippen molar-refractivity contribution < 1.29 is 32.5 Å². The summed E-state index contributed by atoms with van der Waals surface area (Å²) in [6.45, 7) is 3.77. The normalized spacial score (nSPS) is 18.9. The molecule has 182 valence electrons. The number of fused-ring (bicyclic) bond motifs is 2. The van der Waals surface area contributed by atoms with Crippen molar-refractivity contribution in [2.75, 3.05) is 13.4 Å². The van der Waals surface area contributed by atoms with Crippen molar-refractivity contribution in [2.24, 2.45) is 0 Å². The van der Waals surface area contributed by atoms with Crippen molar-refractivity contribution in [3.63, 3.8) is 0 Å². The number of aromatic hydroxyl groups is 1. The number of hydrogen-bond donors (Lipinski definition) is 1. The molecule has 0 radical (unpaired) electrons. The second kappa shape index (κ2) is 8.90. The van der Waals surface area contributed by atoms with E-state index in [4.69, 9.17) is 14.2 Å². The minimum atomic E-state index is -4.12. The van der Waals surface area contributed by atoms with E-state index in [9.17, 15) is 18.3 Å². The fourth-order valence-electron chi connectivity index (χ4n) is 4.70. The van der Waals surface area contributed by atoms with E-state index in [0.717, 1.165) is 5.56 Å². The van der Waals surface area contributed by atoms with E-state index in [1.807, 2.05) is 13.0 Å². The van der Waals surface area contributed by atoms with Gasteiger partial charge in [-0.2, -0.15) is 4.31 Å². The van der Waals surface area contributed by atoms with Gasteiger partial charge >= 0.3 is 5.97 Å². The Hall–Kier alpha value is -3.56. The van der Waals surface area contributed by atoms with Crippen molar-refractivity contribution in [1.29, 1.82) is 0 Å². The molecule has 8 nitrogen and oxygen atoms in total. The van der Waals surface area contributed by atoms with E-state index in [1.165, 1.54) is 10.4 Å². The van der Waals surface area contributed by atoms with Gasteiger partial charge in [0, 0.05) is 11.6 Å². The van der Waals surface area contributed by atoms with Crippen molar-refractivity contribution in [3.05, 3.63) is 82.9 Å². The Labute approximate surface area is 203 Å². The Morgan fingerprint density at radius 2 is 1.69 bits per heavy atom. The van der Waals surface area contributed by atoms with Crippen molar-refractivity contribution >= 4 is 16.0 Å². The Balaban J connectivity index is 1.72. The summed E-state index contributed by atoms with van der Waals surface area (Å²) in [6, 6.07) is 15.1. The first kappa shape index (κ1) is 23.2. The number of rotatable bonds is 6. The van der Waals surface area contributed by atoms with E-state index in [2.05, 4.69) is 0 Å². The first-order valence-corrected chi connectivity index (χ1v) is 12.7. The molecule has 2 heterocycles. The van der Waals surface area contributed by atoms with Crippen LogP contribution in [0.2, 0.25) is 0 Å². The summed E-state index contributed by atoms with van der Waals surface area (Å²) < 4.78 is 45.6. The molecule has 0 saturated carbocycles. The Morgan fingerprint density at radius 3 is 2.37 bits per heavy atom. The Morgan fingerprint density at radius 1 is 1.03 bits per heavy atom. The SMILES string of the molecule is CCOC(=O)C[C@H]1c2ccccc2[C@@H](c2cc3c(cc2O)OCO3)N1S(=O)(=O)c1ccc(C)cc1. The second-order valence-electron chi connectivity index (χ2n) is 8.47. The molecule has 0 fully saturated rings. The van der Waals surface area contributed by atoms with Crippen LogP contribution in [-0.4, -0.2) is 37.2 Å². The first-order valence-electron chi connectivity index (χ1n) is 11.3. The number of carbonyl (C=O) groups is 1. The maximum absolute atomic E-state index is 14.1. The highest BCUT2D eigenvalue weighted by Gasteiger charge is 2.48. The monoisotopic (exact) mass is 495 g/mol. The van der Waals surface area contributed by atoms with Crippen LogP contribution < -0.4 is 9.47 Å². The van der Waals surface area contributed by atoms with Gasteiger partial charge in [-0.3, -0.25) is 4.79 Å². The summed E-state index contributed by atoms with van der Waals surface area (Å²) in [4.78, 5) is 12.7. The van der Waals surface area contributed by atoms with E-state index in [1.54, 1.807) is 55.5 Å². The highest BCUT2D eigenvalue weighted by Crippen LogP contribution is 2.53. The number of benzene rings is 3.